The van der Waals surface area contributed by atoms with Crippen LogP contribution in [0.15, 0.2) is 72.8 Å². The van der Waals surface area contributed by atoms with Crippen LogP contribution >= 0.6 is 0 Å². The molecule has 0 spiro atoms. The Morgan fingerprint density at radius 1 is 0.903 bits per heavy atom. The van der Waals surface area contributed by atoms with Crippen LogP contribution in [0.3, 0.4) is 0 Å². The number of Topliss-reactive ketones (excluding diaryl/α,β-unsaturated/α-hetero) is 1. The van der Waals surface area contributed by atoms with Crippen molar-refractivity contribution in [1.29, 1.82) is 0 Å². The van der Waals surface area contributed by atoms with Crippen molar-refractivity contribution >= 4 is 5.78 Å². The van der Waals surface area contributed by atoms with Gasteiger partial charge in [0.25, 0.3) is 0 Å². The van der Waals surface area contributed by atoms with Crippen LogP contribution in [0.2, 0.25) is 0 Å². The van der Waals surface area contributed by atoms with Gasteiger partial charge in [0.1, 0.15) is 13.2 Å². The molecule has 1 N–H and O–H groups in total. The molecule has 2 atom stereocenters. The van der Waals surface area contributed by atoms with Crippen LogP contribution in [-0.4, -0.2) is 38.6 Å². The predicted octanol–water partition coefficient (Wildman–Crippen LogP) is 3.30. The number of ketones is 1. The van der Waals surface area contributed by atoms with Gasteiger partial charge in [0.05, 0.1) is 32.0 Å². The third-order valence-electron chi connectivity index (χ3n) is 6.44. The number of carbonyl (C=O) groups is 1. The van der Waals surface area contributed by atoms with Crippen LogP contribution in [0.1, 0.15) is 39.4 Å². The number of nitrogens with one attached hydrogen (secondary N) is 1. The summed E-state index contributed by atoms with van der Waals surface area (Å²) in [6.07, 6.45) is 1.58. The summed E-state index contributed by atoms with van der Waals surface area (Å²) in [5.74, 6) is 1.94. The van der Waals surface area contributed by atoms with Gasteiger partial charge < -0.3 is 14.4 Å². The second kappa shape index (κ2) is 8.94. The van der Waals surface area contributed by atoms with E-state index < -0.39 is 0 Å². The first-order chi connectivity index (χ1) is 15.3. The lowest BCUT2D eigenvalue weighted by Crippen LogP contribution is -3.12. The number of fused-ring (bicyclic) bond motifs is 2. The lowest BCUT2D eigenvalue weighted by atomic mass is 9.88. The summed E-state index contributed by atoms with van der Waals surface area (Å²) in [5, 5.41) is 0. The zero-order valence-electron chi connectivity index (χ0n) is 17.7. The molecule has 0 saturated heterocycles. The fourth-order valence-corrected chi connectivity index (χ4v) is 4.78. The van der Waals surface area contributed by atoms with E-state index in [1.54, 1.807) is 0 Å². The molecule has 0 aliphatic carbocycles. The van der Waals surface area contributed by atoms with Crippen molar-refractivity contribution in [3.8, 4) is 11.5 Å². The van der Waals surface area contributed by atoms with Crippen molar-refractivity contribution in [3.05, 3.63) is 95.1 Å². The Balaban J connectivity index is 1.30. The van der Waals surface area contributed by atoms with Gasteiger partial charge in [0.2, 0.25) is 0 Å². The first-order valence-corrected chi connectivity index (χ1v) is 11.2. The van der Waals surface area contributed by atoms with Crippen molar-refractivity contribution in [2.75, 3.05) is 32.8 Å². The Hall–Kier alpha value is -3.11. The molecule has 3 aromatic rings. The molecule has 2 heterocycles. The molecule has 0 bridgehead atoms. The molecule has 0 saturated carbocycles. The van der Waals surface area contributed by atoms with E-state index in [0.29, 0.717) is 36.9 Å². The minimum Gasteiger partial charge on any atom is -0.486 e. The van der Waals surface area contributed by atoms with Gasteiger partial charge in [-0.1, -0.05) is 54.6 Å². The Morgan fingerprint density at radius 3 is 2.55 bits per heavy atom. The lowest BCUT2D eigenvalue weighted by molar-refractivity contribution is -0.899. The summed E-state index contributed by atoms with van der Waals surface area (Å²) < 4.78 is 11.2. The lowest BCUT2D eigenvalue weighted by Gasteiger charge is -2.23. The molecule has 2 aliphatic heterocycles. The summed E-state index contributed by atoms with van der Waals surface area (Å²) in [6, 6.07) is 25.1. The van der Waals surface area contributed by atoms with E-state index in [9.17, 15) is 4.79 Å². The van der Waals surface area contributed by atoms with Crippen LogP contribution in [-0.2, 0) is 6.42 Å². The average molecular weight is 415 g/mol. The normalized spacial score (nSPS) is 19.9. The number of quaternary nitrogens is 1. The highest BCUT2D eigenvalue weighted by Gasteiger charge is 2.27. The number of rotatable bonds is 5. The quantitative estimate of drug-likeness (QED) is 0.652. The minimum atomic E-state index is 0.169. The molecule has 31 heavy (non-hydrogen) atoms. The first kappa shape index (κ1) is 19.8. The molecule has 4 nitrogen and oxygen atoms in total. The highest BCUT2D eigenvalue weighted by molar-refractivity contribution is 5.96. The van der Waals surface area contributed by atoms with E-state index >= 15 is 0 Å². The van der Waals surface area contributed by atoms with Gasteiger partial charge in [-0.3, -0.25) is 4.79 Å². The molecule has 0 amide bonds. The van der Waals surface area contributed by atoms with Crippen molar-refractivity contribution in [1.82, 2.24) is 0 Å². The van der Waals surface area contributed by atoms with Crippen molar-refractivity contribution in [2.45, 2.75) is 18.8 Å². The van der Waals surface area contributed by atoms with Crippen LogP contribution in [0.25, 0.3) is 0 Å². The predicted molar refractivity (Wildman–Crippen MR) is 120 cm³/mol. The third kappa shape index (κ3) is 4.35. The second-order valence-corrected chi connectivity index (χ2v) is 8.40. The molecule has 2 aliphatic rings. The fourth-order valence-electron chi connectivity index (χ4n) is 4.78. The van der Waals surface area contributed by atoms with Crippen molar-refractivity contribution < 1.29 is 19.2 Å². The van der Waals surface area contributed by atoms with Gasteiger partial charge in [-0.25, -0.2) is 0 Å². The van der Waals surface area contributed by atoms with Crippen LogP contribution in [0, 0.1) is 0 Å². The number of carbonyl (C=O) groups excluding carboxylic acids is 1. The molecule has 2 unspecified atom stereocenters. The molecule has 5 rings (SSSR count). The van der Waals surface area contributed by atoms with Gasteiger partial charge >= 0.3 is 0 Å². The van der Waals surface area contributed by atoms with E-state index in [2.05, 4.69) is 54.6 Å². The SMILES string of the molecule is O=C(CC[NH+]1CCc2ccccc2C(c2ccccc2)C1)c1ccc2c(c1)OCCO2. The van der Waals surface area contributed by atoms with Crippen LogP contribution in [0.5, 0.6) is 11.5 Å². The van der Waals surface area contributed by atoms with Gasteiger partial charge in [0.15, 0.2) is 17.3 Å². The van der Waals surface area contributed by atoms with E-state index in [1.807, 2.05) is 18.2 Å². The van der Waals surface area contributed by atoms with Gasteiger partial charge in [0, 0.05) is 12.0 Å². The summed E-state index contributed by atoms with van der Waals surface area (Å²) in [4.78, 5) is 14.4. The van der Waals surface area contributed by atoms with E-state index in [1.165, 1.54) is 21.6 Å². The van der Waals surface area contributed by atoms with E-state index in [4.69, 9.17) is 9.47 Å². The number of hydrogen-bond donors (Lipinski definition) is 1. The summed E-state index contributed by atoms with van der Waals surface area (Å²) in [7, 11) is 0. The first-order valence-electron chi connectivity index (χ1n) is 11.2. The summed E-state index contributed by atoms with van der Waals surface area (Å²) in [5.41, 5.74) is 4.93. The molecule has 0 radical (unpaired) electrons. The van der Waals surface area contributed by atoms with Crippen molar-refractivity contribution in [3.63, 3.8) is 0 Å². The molecule has 0 fully saturated rings. The molecular formula is C27H28NO3+. The van der Waals surface area contributed by atoms with E-state index in [-0.39, 0.29) is 5.78 Å². The van der Waals surface area contributed by atoms with Crippen LogP contribution in [0.4, 0.5) is 0 Å². The summed E-state index contributed by atoms with van der Waals surface area (Å²) >= 11 is 0. The van der Waals surface area contributed by atoms with Gasteiger partial charge in [-0.2, -0.15) is 0 Å². The van der Waals surface area contributed by atoms with Gasteiger partial charge in [-0.05, 0) is 34.9 Å². The van der Waals surface area contributed by atoms with E-state index in [0.717, 1.165) is 31.8 Å². The van der Waals surface area contributed by atoms with Crippen molar-refractivity contribution in [2.24, 2.45) is 0 Å². The zero-order valence-corrected chi connectivity index (χ0v) is 17.7. The Morgan fingerprint density at radius 2 is 1.68 bits per heavy atom. The Bertz CT molecular complexity index is 1060. The maximum absolute atomic E-state index is 12.9. The Kier molecular flexibility index (Phi) is 5.72. The summed E-state index contributed by atoms with van der Waals surface area (Å²) in [6.45, 7) is 3.99. The zero-order chi connectivity index (χ0) is 21.0. The molecule has 158 valence electrons. The molecule has 4 heteroatoms. The monoisotopic (exact) mass is 414 g/mol. The highest BCUT2D eigenvalue weighted by Crippen LogP contribution is 2.31. The highest BCUT2D eigenvalue weighted by atomic mass is 16.6. The number of hydrogen-bond acceptors (Lipinski definition) is 3. The second-order valence-electron chi connectivity index (χ2n) is 8.40. The molecular weight excluding hydrogens is 386 g/mol. The van der Waals surface area contributed by atoms with Crippen LogP contribution < -0.4 is 14.4 Å². The standard InChI is InChI=1S/C27H27NO3/c29-25(22-10-11-26-27(18-22)31-17-16-30-26)13-15-28-14-12-21-8-4-5-9-23(21)24(19-28)20-6-2-1-3-7-20/h1-11,18,24H,12-17,19H2/p+1. The third-order valence-corrected chi connectivity index (χ3v) is 6.44. The minimum absolute atomic E-state index is 0.169. The molecule has 3 aromatic carbocycles. The largest absolute Gasteiger partial charge is 0.486 e. The maximum Gasteiger partial charge on any atom is 0.168 e. The average Bonchev–Trinajstić information content (AvgIpc) is 3.02. The molecule has 0 aromatic heterocycles. The number of benzene rings is 3. The van der Waals surface area contributed by atoms with Gasteiger partial charge in [-0.15, -0.1) is 0 Å². The topological polar surface area (TPSA) is 40.0 Å². The maximum atomic E-state index is 12.9. The smallest absolute Gasteiger partial charge is 0.168 e. The number of ether oxygens (including phenoxy) is 2. The Labute approximate surface area is 183 Å². The fraction of sp³-hybridized carbons (Fsp3) is 0.296.